The van der Waals surface area contributed by atoms with E-state index in [0.29, 0.717) is 6.61 Å². The number of aromatic nitrogens is 1. The molecular formula is C17H21N3O. The molecule has 0 fully saturated rings. The molecule has 4 nitrogen and oxygen atoms in total. The van der Waals surface area contributed by atoms with Crippen molar-refractivity contribution in [2.24, 2.45) is 5.73 Å². The molecule has 2 unspecified atom stereocenters. The monoisotopic (exact) mass is 283 g/mol. The molecule has 110 valence electrons. The average molecular weight is 283 g/mol. The first-order chi connectivity index (χ1) is 10.1. The van der Waals surface area contributed by atoms with Crippen LogP contribution in [0.1, 0.15) is 23.0 Å². The molecule has 4 heteroatoms. The van der Waals surface area contributed by atoms with Gasteiger partial charge in [0, 0.05) is 17.8 Å². The number of hydrogen-bond donors (Lipinski definition) is 1. The van der Waals surface area contributed by atoms with Gasteiger partial charge in [-0.3, -0.25) is 9.88 Å². The van der Waals surface area contributed by atoms with E-state index in [2.05, 4.69) is 16.9 Å². The van der Waals surface area contributed by atoms with E-state index >= 15 is 0 Å². The number of ether oxygens (including phenoxy) is 1. The molecule has 21 heavy (non-hydrogen) atoms. The zero-order valence-corrected chi connectivity index (χ0v) is 12.5. The van der Waals surface area contributed by atoms with Gasteiger partial charge in [0.05, 0.1) is 17.8 Å². The highest BCUT2D eigenvalue weighted by atomic mass is 16.5. The van der Waals surface area contributed by atoms with E-state index in [0.717, 1.165) is 29.2 Å². The number of rotatable bonds is 3. The molecule has 0 spiro atoms. The molecule has 1 aromatic heterocycles. The normalized spacial score (nSPS) is 21.0. The number of nitrogens with zero attached hydrogens (tertiary/aromatic N) is 2. The maximum absolute atomic E-state index is 6.43. The number of hydrogen-bond acceptors (Lipinski definition) is 4. The standard InChI is InChI=1S/C17H21N3O/c1-12-6-5-7-13(19-12)10-20(2)15-11-21-16-9-4-3-8-14(16)17(15)18/h3-9,15,17H,10-11,18H2,1-2H3. The quantitative estimate of drug-likeness (QED) is 0.939. The fraction of sp³-hybridized carbons (Fsp3) is 0.353. The average Bonchev–Trinajstić information content (AvgIpc) is 2.48. The van der Waals surface area contributed by atoms with Gasteiger partial charge >= 0.3 is 0 Å². The topological polar surface area (TPSA) is 51.4 Å². The summed E-state index contributed by atoms with van der Waals surface area (Å²) in [6.07, 6.45) is 0. The summed E-state index contributed by atoms with van der Waals surface area (Å²) in [5, 5.41) is 0. The summed E-state index contributed by atoms with van der Waals surface area (Å²) in [5.74, 6) is 0.906. The van der Waals surface area contributed by atoms with Crippen molar-refractivity contribution in [2.45, 2.75) is 25.6 Å². The Morgan fingerprint density at radius 3 is 2.86 bits per heavy atom. The van der Waals surface area contributed by atoms with Crippen molar-refractivity contribution in [1.82, 2.24) is 9.88 Å². The summed E-state index contributed by atoms with van der Waals surface area (Å²) in [6.45, 7) is 3.39. The van der Waals surface area contributed by atoms with Crippen molar-refractivity contribution in [3.63, 3.8) is 0 Å². The first-order valence-electron chi connectivity index (χ1n) is 7.25. The van der Waals surface area contributed by atoms with E-state index in [1.165, 1.54) is 0 Å². The Bertz CT molecular complexity index is 629. The molecule has 2 N–H and O–H groups in total. The lowest BCUT2D eigenvalue weighted by Gasteiger charge is -2.36. The van der Waals surface area contributed by atoms with Crippen LogP contribution < -0.4 is 10.5 Å². The summed E-state index contributed by atoms with van der Waals surface area (Å²) >= 11 is 0. The lowest BCUT2D eigenvalue weighted by molar-refractivity contribution is 0.113. The Morgan fingerprint density at radius 1 is 1.24 bits per heavy atom. The van der Waals surface area contributed by atoms with Gasteiger partial charge < -0.3 is 10.5 Å². The number of benzene rings is 1. The third-order valence-electron chi connectivity index (χ3n) is 4.03. The summed E-state index contributed by atoms with van der Waals surface area (Å²) in [7, 11) is 2.08. The van der Waals surface area contributed by atoms with Crippen LogP contribution in [0, 0.1) is 6.92 Å². The molecule has 0 saturated heterocycles. The van der Waals surface area contributed by atoms with Crippen LogP contribution in [0.2, 0.25) is 0 Å². The summed E-state index contributed by atoms with van der Waals surface area (Å²) in [5.41, 5.74) is 9.61. The highest BCUT2D eigenvalue weighted by molar-refractivity contribution is 5.38. The fourth-order valence-electron chi connectivity index (χ4n) is 2.84. The second-order valence-electron chi connectivity index (χ2n) is 5.63. The SMILES string of the molecule is Cc1cccc(CN(C)C2COc3ccccc3C2N)n1. The molecule has 2 heterocycles. The first-order valence-corrected chi connectivity index (χ1v) is 7.25. The van der Waals surface area contributed by atoms with Crippen LogP contribution in [0.25, 0.3) is 0 Å². The van der Waals surface area contributed by atoms with Gasteiger partial charge in [-0.25, -0.2) is 0 Å². The molecule has 0 bridgehead atoms. The molecule has 1 aliphatic heterocycles. The van der Waals surface area contributed by atoms with Gasteiger partial charge in [0.2, 0.25) is 0 Å². The van der Waals surface area contributed by atoms with Crippen LogP contribution in [-0.2, 0) is 6.54 Å². The van der Waals surface area contributed by atoms with Gasteiger partial charge in [-0.05, 0) is 32.2 Å². The van der Waals surface area contributed by atoms with E-state index in [1.54, 1.807) is 0 Å². The highest BCUT2D eigenvalue weighted by Crippen LogP contribution is 2.32. The minimum absolute atomic E-state index is 0.0373. The van der Waals surface area contributed by atoms with Crippen molar-refractivity contribution in [1.29, 1.82) is 0 Å². The molecule has 0 radical (unpaired) electrons. The van der Waals surface area contributed by atoms with Crippen molar-refractivity contribution < 1.29 is 4.74 Å². The van der Waals surface area contributed by atoms with Crippen molar-refractivity contribution >= 4 is 0 Å². The van der Waals surface area contributed by atoms with Crippen LogP contribution in [0.3, 0.4) is 0 Å². The van der Waals surface area contributed by atoms with Gasteiger partial charge in [0.1, 0.15) is 12.4 Å². The van der Waals surface area contributed by atoms with E-state index in [-0.39, 0.29) is 12.1 Å². The third-order valence-corrected chi connectivity index (χ3v) is 4.03. The van der Waals surface area contributed by atoms with Gasteiger partial charge in [-0.1, -0.05) is 24.3 Å². The number of likely N-dealkylation sites (N-methyl/N-ethyl adjacent to an activating group) is 1. The van der Waals surface area contributed by atoms with Gasteiger partial charge in [-0.2, -0.15) is 0 Å². The lowest BCUT2D eigenvalue weighted by Crippen LogP contribution is -2.46. The summed E-state index contributed by atoms with van der Waals surface area (Å²) in [4.78, 5) is 6.78. The minimum Gasteiger partial charge on any atom is -0.492 e. The maximum Gasteiger partial charge on any atom is 0.124 e. The smallest absolute Gasteiger partial charge is 0.124 e. The summed E-state index contributed by atoms with van der Waals surface area (Å²) in [6, 6.07) is 14.2. The Balaban J connectivity index is 1.75. The minimum atomic E-state index is -0.0373. The summed E-state index contributed by atoms with van der Waals surface area (Å²) < 4.78 is 5.85. The Labute approximate surface area is 125 Å². The van der Waals surface area contributed by atoms with Crippen LogP contribution >= 0.6 is 0 Å². The van der Waals surface area contributed by atoms with Crippen LogP contribution in [0.15, 0.2) is 42.5 Å². The number of aryl methyl sites for hydroxylation is 1. The van der Waals surface area contributed by atoms with Crippen LogP contribution in [0.4, 0.5) is 0 Å². The fourth-order valence-corrected chi connectivity index (χ4v) is 2.84. The van der Waals surface area contributed by atoms with Crippen molar-refractivity contribution in [3.8, 4) is 5.75 Å². The lowest BCUT2D eigenvalue weighted by atomic mass is 9.96. The zero-order valence-electron chi connectivity index (χ0n) is 12.5. The highest BCUT2D eigenvalue weighted by Gasteiger charge is 2.30. The molecule has 1 aromatic carbocycles. The Morgan fingerprint density at radius 2 is 2.05 bits per heavy atom. The Kier molecular flexibility index (Phi) is 3.90. The van der Waals surface area contributed by atoms with E-state index in [4.69, 9.17) is 10.5 Å². The first kappa shape index (κ1) is 14.0. The van der Waals surface area contributed by atoms with E-state index < -0.39 is 0 Å². The van der Waals surface area contributed by atoms with Crippen molar-refractivity contribution in [2.75, 3.05) is 13.7 Å². The molecule has 0 aliphatic carbocycles. The number of nitrogens with two attached hydrogens (primary N) is 1. The van der Waals surface area contributed by atoms with Crippen molar-refractivity contribution in [3.05, 3.63) is 59.4 Å². The third kappa shape index (κ3) is 2.91. The molecule has 1 aliphatic rings. The number of para-hydroxylation sites is 1. The predicted molar refractivity (Wildman–Crippen MR) is 83.1 cm³/mol. The second kappa shape index (κ2) is 5.84. The van der Waals surface area contributed by atoms with Gasteiger partial charge in [0.25, 0.3) is 0 Å². The molecule has 0 saturated carbocycles. The predicted octanol–water partition coefficient (Wildman–Crippen LogP) is 2.28. The second-order valence-corrected chi connectivity index (χ2v) is 5.63. The van der Waals surface area contributed by atoms with Gasteiger partial charge in [-0.15, -0.1) is 0 Å². The number of fused-ring (bicyclic) bond motifs is 1. The number of pyridine rings is 1. The Hall–Kier alpha value is -1.91. The molecule has 2 aromatic rings. The molecule has 0 amide bonds. The maximum atomic E-state index is 6.43. The van der Waals surface area contributed by atoms with Crippen LogP contribution in [-0.4, -0.2) is 29.6 Å². The van der Waals surface area contributed by atoms with E-state index in [9.17, 15) is 0 Å². The van der Waals surface area contributed by atoms with E-state index in [1.807, 2.05) is 49.4 Å². The molecule has 3 rings (SSSR count). The largest absolute Gasteiger partial charge is 0.492 e. The van der Waals surface area contributed by atoms with Crippen LogP contribution in [0.5, 0.6) is 5.75 Å². The zero-order chi connectivity index (χ0) is 14.8. The van der Waals surface area contributed by atoms with Gasteiger partial charge in [0.15, 0.2) is 0 Å². The molecular weight excluding hydrogens is 262 g/mol. The molecule has 2 atom stereocenters.